The van der Waals surface area contributed by atoms with Crippen molar-refractivity contribution in [1.29, 1.82) is 0 Å². The van der Waals surface area contributed by atoms with Gasteiger partial charge in [0.05, 0.1) is 5.92 Å². The minimum Gasteiger partial charge on any atom is -0.327 e. The van der Waals surface area contributed by atoms with Crippen LogP contribution < -0.4 is 11.1 Å². The molecule has 0 spiro atoms. The number of amides is 1. The molecule has 0 aromatic carbocycles. The van der Waals surface area contributed by atoms with Crippen LogP contribution in [0.3, 0.4) is 0 Å². The number of rotatable bonds is 3. The van der Waals surface area contributed by atoms with Crippen LogP contribution in [-0.4, -0.2) is 16.9 Å². The maximum Gasteiger partial charge on any atom is 0.228 e. The molecule has 4 nitrogen and oxygen atoms in total. The molecule has 2 atom stereocenters. The second-order valence-electron chi connectivity index (χ2n) is 3.83. The van der Waals surface area contributed by atoms with Gasteiger partial charge < -0.3 is 11.1 Å². The molecule has 1 aromatic heterocycles. The standard InChI is InChI=1S/C11H17N3O.2ClH/c1-7-6-13-5-4-10(7)14-11(15)8(2)9(3)12;;/h4-6,8-9H,12H2,1-3H3,(H,13,14,15);2*1H. The molecule has 1 amide bonds. The molecule has 0 radical (unpaired) electrons. The van der Waals surface area contributed by atoms with Gasteiger partial charge in [0.25, 0.3) is 0 Å². The maximum absolute atomic E-state index is 11.7. The van der Waals surface area contributed by atoms with Crippen molar-refractivity contribution in [1.82, 2.24) is 4.98 Å². The van der Waals surface area contributed by atoms with Crippen LogP contribution in [0.1, 0.15) is 19.4 Å². The highest BCUT2D eigenvalue weighted by Gasteiger charge is 2.17. The molecule has 0 aliphatic carbocycles. The van der Waals surface area contributed by atoms with E-state index in [1.165, 1.54) is 0 Å². The molecule has 98 valence electrons. The number of nitrogens with two attached hydrogens (primary N) is 1. The van der Waals surface area contributed by atoms with Gasteiger partial charge >= 0.3 is 0 Å². The lowest BCUT2D eigenvalue weighted by molar-refractivity contribution is -0.119. The summed E-state index contributed by atoms with van der Waals surface area (Å²) in [5.41, 5.74) is 7.40. The van der Waals surface area contributed by atoms with Gasteiger partial charge in [-0.15, -0.1) is 24.8 Å². The first-order chi connectivity index (χ1) is 7.02. The minimum atomic E-state index is -0.197. The van der Waals surface area contributed by atoms with E-state index < -0.39 is 0 Å². The van der Waals surface area contributed by atoms with Crippen LogP contribution in [0.4, 0.5) is 5.69 Å². The smallest absolute Gasteiger partial charge is 0.228 e. The van der Waals surface area contributed by atoms with Gasteiger partial charge in [-0.1, -0.05) is 6.92 Å². The maximum atomic E-state index is 11.7. The second kappa shape index (κ2) is 8.28. The summed E-state index contributed by atoms with van der Waals surface area (Å²) >= 11 is 0. The molecule has 0 aliphatic rings. The zero-order valence-electron chi connectivity index (χ0n) is 10.1. The Morgan fingerprint density at radius 1 is 1.41 bits per heavy atom. The Balaban J connectivity index is 0. The first-order valence-corrected chi connectivity index (χ1v) is 4.99. The van der Waals surface area contributed by atoms with E-state index in [-0.39, 0.29) is 42.7 Å². The van der Waals surface area contributed by atoms with Crippen molar-refractivity contribution in [2.45, 2.75) is 26.8 Å². The topological polar surface area (TPSA) is 68.0 Å². The molecular weight excluding hydrogens is 261 g/mol. The van der Waals surface area contributed by atoms with E-state index in [0.717, 1.165) is 11.3 Å². The van der Waals surface area contributed by atoms with Crippen molar-refractivity contribution in [3.05, 3.63) is 24.0 Å². The molecular formula is C11H19Cl2N3O. The molecule has 1 heterocycles. The number of aromatic nitrogens is 1. The van der Waals surface area contributed by atoms with Gasteiger partial charge in [-0.3, -0.25) is 9.78 Å². The molecule has 0 saturated carbocycles. The van der Waals surface area contributed by atoms with E-state index in [0.29, 0.717) is 0 Å². The molecule has 0 aliphatic heterocycles. The first-order valence-electron chi connectivity index (χ1n) is 4.99. The van der Waals surface area contributed by atoms with Crippen molar-refractivity contribution in [2.75, 3.05) is 5.32 Å². The summed E-state index contributed by atoms with van der Waals surface area (Å²) in [6.07, 6.45) is 3.37. The van der Waals surface area contributed by atoms with Crippen molar-refractivity contribution >= 4 is 36.4 Å². The lowest BCUT2D eigenvalue weighted by Gasteiger charge is -2.16. The highest BCUT2D eigenvalue weighted by atomic mass is 35.5. The lowest BCUT2D eigenvalue weighted by atomic mass is 10.0. The number of anilines is 1. The van der Waals surface area contributed by atoms with Crippen LogP contribution in [-0.2, 0) is 4.79 Å². The first kappa shape index (κ1) is 18.5. The van der Waals surface area contributed by atoms with Crippen molar-refractivity contribution < 1.29 is 4.79 Å². The number of nitrogens with one attached hydrogen (secondary N) is 1. The Bertz CT molecular complexity index is 358. The average Bonchev–Trinajstić information content (AvgIpc) is 2.20. The molecule has 2 unspecified atom stereocenters. The van der Waals surface area contributed by atoms with Gasteiger partial charge in [0.2, 0.25) is 5.91 Å². The molecule has 0 saturated heterocycles. The average molecular weight is 280 g/mol. The van der Waals surface area contributed by atoms with Crippen molar-refractivity contribution in [3.8, 4) is 0 Å². The van der Waals surface area contributed by atoms with E-state index in [9.17, 15) is 4.79 Å². The third kappa shape index (κ3) is 5.35. The molecule has 17 heavy (non-hydrogen) atoms. The summed E-state index contributed by atoms with van der Waals surface area (Å²) in [7, 11) is 0. The summed E-state index contributed by atoms with van der Waals surface area (Å²) in [5, 5.41) is 2.83. The third-order valence-corrected chi connectivity index (χ3v) is 2.48. The molecule has 3 N–H and O–H groups in total. The summed E-state index contributed by atoms with van der Waals surface area (Å²) in [6, 6.07) is 1.63. The number of hydrogen-bond donors (Lipinski definition) is 2. The normalized spacial score (nSPS) is 12.7. The van der Waals surface area contributed by atoms with Gasteiger partial charge in [-0.05, 0) is 25.5 Å². The number of carbonyl (C=O) groups is 1. The Morgan fingerprint density at radius 3 is 2.47 bits per heavy atom. The van der Waals surface area contributed by atoms with E-state index in [4.69, 9.17) is 5.73 Å². The third-order valence-electron chi connectivity index (χ3n) is 2.48. The molecule has 1 rings (SSSR count). The van der Waals surface area contributed by atoms with Crippen LogP contribution >= 0.6 is 24.8 Å². The summed E-state index contributed by atoms with van der Waals surface area (Å²) in [5.74, 6) is -0.253. The van der Waals surface area contributed by atoms with Gasteiger partial charge in [-0.25, -0.2) is 0 Å². The number of hydrogen-bond acceptors (Lipinski definition) is 3. The zero-order chi connectivity index (χ0) is 11.4. The predicted octanol–water partition coefficient (Wildman–Crippen LogP) is 2.16. The number of halogens is 2. The van der Waals surface area contributed by atoms with Gasteiger partial charge in [0.1, 0.15) is 0 Å². The fourth-order valence-electron chi connectivity index (χ4n) is 1.10. The lowest BCUT2D eigenvalue weighted by Crippen LogP contribution is -2.34. The molecule has 0 bridgehead atoms. The van der Waals surface area contributed by atoms with Gasteiger partial charge in [0, 0.05) is 24.1 Å². The van der Waals surface area contributed by atoms with Crippen LogP contribution in [0.25, 0.3) is 0 Å². The number of nitrogens with zero attached hydrogens (tertiary/aromatic N) is 1. The highest BCUT2D eigenvalue weighted by Crippen LogP contribution is 2.13. The van der Waals surface area contributed by atoms with Crippen LogP contribution in [0, 0.1) is 12.8 Å². The van der Waals surface area contributed by atoms with Crippen molar-refractivity contribution in [3.63, 3.8) is 0 Å². The van der Waals surface area contributed by atoms with E-state index in [2.05, 4.69) is 10.3 Å². The second-order valence-corrected chi connectivity index (χ2v) is 3.83. The van der Waals surface area contributed by atoms with Crippen LogP contribution in [0.5, 0.6) is 0 Å². The number of pyridine rings is 1. The molecule has 6 heteroatoms. The number of carbonyl (C=O) groups excluding carboxylic acids is 1. The van der Waals surface area contributed by atoms with Gasteiger partial charge in [-0.2, -0.15) is 0 Å². The predicted molar refractivity (Wildman–Crippen MR) is 74.9 cm³/mol. The Morgan fingerprint density at radius 2 is 2.00 bits per heavy atom. The Labute approximate surface area is 114 Å². The highest BCUT2D eigenvalue weighted by molar-refractivity contribution is 5.93. The summed E-state index contributed by atoms with van der Waals surface area (Å²) in [6.45, 7) is 5.54. The van der Waals surface area contributed by atoms with Gasteiger partial charge in [0.15, 0.2) is 0 Å². The number of aryl methyl sites for hydroxylation is 1. The molecule has 1 aromatic rings. The monoisotopic (exact) mass is 279 g/mol. The van der Waals surface area contributed by atoms with E-state index in [1.54, 1.807) is 18.5 Å². The Hall–Kier alpha value is -0.840. The minimum absolute atomic E-state index is 0. The van der Waals surface area contributed by atoms with E-state index >= 15 is 0 Å². The summed E-state index contributed by atoms with van der Waals surface area (Å²) in [4.78, 5) is 15.7. The SMILES string of the molecule is Cc1cnccc1NC(=O)C(C)C(C)N.Cl.Cl. The van der Waals surface area contributed by atoms with Crippen molar-refractivity contribution in [2.24, 2.45) is 11.7 Å². The quantitative estimate of drug-likeness (QED) is 0.891. The Kier molecular flexibility index (Phi) is 9.02. The summed E-state index contributed by atoms with van der Waals surface area (Å²) < 4.78 is 0. The van der Waals surface area contributed by atoms with Crippen LogP contribution in [0.2, 0.25) is 0 Å². The fraction of sp³-hybridized carbons (Fsp3) is 0.455. The largest absolute Gasteiger partial charge is 0.327 e. The zero-order valence-corrected chi connectivity index (χ0v) is 11.8. The van der Waals surface area contributed by atoms with Crippen LogP contribution in [0.15, 0.2) is 18.5 Å². The molecule has 0 fully saturated rings. The fourth-order valence-corrected chi connectivity index (χ4v) is 1.10. The van der Waals surface area contributed by atoms with E-state index in [1.807, 2.05) is 20.8 Å².